The first-order valence-corrected chi connectivity index (χ1v) is 9.28. The first-order chi connectivity index (χ1) is 13.4. The number of carbonyl (C=O) groups is 2. The van der Waals surface area contributed by atoms with Gasteiger partial charge in [-0.05, 0) is 35.9 Å². The highest BCUT2D eigenvalue weighted by Crippen LogP contribution is 2.31. The number of nitrogens with one attached hydrogen (secondary N) is 1. The fourth-order valence-corrected chi connectivity index (χ4v) is 3.09. The van der Waals surface area contributed by atoms with Crippen molar-refractivity contribution in [1.29, 1.82) is 0 Å². The van der Waals surface area contributed by atoms with E-state index in [-0.39, 0.29) is 11.6 Å². The topological polar surface area (TPSA) is 125 Å². The number of anilines is 1. The number of allylic oxidation sites excluding steroid dienone is 2. The SMILES string of the molecule is CNc1ccc(C(C)c2ccn(/C(N)=C/C=C(\N)C(=O)OC)n2)cc1SC=O. The molecule has 0 spiro atoms. The van der Waals surface area contributed by atoms with Crippen LogP contribution in [-0.4, -0.2) is 35.5 Å². The molecule has 5 N–H and O–H groups in total. The number of thioether (sulfide) groups is 1. The van der Waals surface area contributed by atoms with E-state index < -0.39 is 5.97 Å². The van der Waals surface area contributed by atoms with Gasteiger partial charge in [-0.2, -0.15) is 5.10 Å². The molecule has 0 aliphatic rings. The summed E-state index contributed by atoms with van der Waals surface area (Å²) in [5.41, 5.74) is 15.0. The number of hydrogen-bond donors (Lipinski definition) is 3. The van der Waals surface area contributed by atoms with Crippen LogP contribution in [0.5, 0.6) is 0 Å². The number of benzene rings is 1. The predicted molar refractivity (Wildman–Crippen MR) is 111 cm³/mol. The Balaban J connectivity index is 2.24. The lowest BCUT2D eigenvalue weighted by molar-refractivity contribution is -0.136. The molecule has 0 bridgehead atoms. The van der Waals surface area contributed by atoms with Crippen LogP contribution in [0.25, 0.3) is 5.82 Å². The molecular weight excluding hydrogens is 378 g/mol. The summed E-state index contributed by atoms with van der Waals surface area (Å²) in [5, 5.41) is 7.56. The van der Waals surface area contributed by atoms with E-state index in [0.717, 1.165) is 39.2 Å². The van der Waals surface area contributed by atoms with Crippen molar-refractivity contribution in [2.75, 3.05) is 19.5 Å². The zero-order chi connectivity index (χ0) is 20.7. The Bertz CT molecular complexity index is 920. The summed E-state index contributed by atoms with van der Waals surface area (Å²) in [6.45, 7) is 2.02. The molecule has 0 aliphatic heterocycles. The number of methoxy groups -OCH3 is 1. The Morgan fingerprint density at radius 2 is 2.07 bits per heavy atom. The number of nitrogens with zero attached hydrogens (tertiary/aromatic N) is 2. The van der Waals surface area contributed by atoms with Gasteiger partial charge in [0.15, 0.2) is 5.62 Å². The van der Waals surface area contributed by atoms with Gasteiger partial charge in [-0.3, -0.25) is 4.79 Å². The Labute approximate surface area is 167 Å². The summed E-state index contributed by atoms with van der Waals surface area (Å²) in [6.07, 6.45) is 4.57. The zero-order valence-corrected chi connectivity index (χ0v) is 16.7. The van der Waals surface area contributed by atoms with Crippen LogP contribution >= 0.6 is 11.8 Å². The zero-order valence-electron chi connectivity index (χ0n) is 15.9. The van der Waals surface area contributed by atoms with Crippen molar-refractivity contribution in [1.82, 2.24) is 9.78 Å². The predicted octanol–water partition coefficient (Wildman–Crippen LogP) is 2.13. The van der Waals surface area contributed by atoms with Crippen LogP contribution in [0.15, 0.2) is 53.2 Å². The average molecular weight is 401 g/mol. The van der Waals surface area contributed by atoms with Crippen LogP contribution in [0.4, 0.5) is 5.69 Å². The molecular formula is C19H23N5O3S. The summed E-state index contributed by atoms with van der Waals surface area (Å²) in [7, 11) is 3.06. The maximum Gasteiger partial charge on any atom is 0.353 e. The third kappa shape index (κ3) is 4.95. The highest BCUT2D eigenvalue weighted by molar-refractivity contribution is 8.12. The fraction of sp³-hybridized carbons (Fsp3) is 0.211. The average Bonchev–Trinajstić information content (AvgIpc) is 3.21. The lowest BCUT2D eigenvalue weighted by atomic mass is 9.98. The highest BCUT2D eigenvalue weighted by atomic mass is 32.2. The molecule has 2 aromatic rings. The molecule has 0 amide bonds. The van der Waals surface area contributed by atoms with Gasteiger partial charge in [-0.25, -0.2) is 9.48 Å². The number of esters is 1. The van der Waals surface area contributed by atoms with Crippen LogP contribution in [0.2, 0.25) is 0 Å². The minimum absolute atomic E-state index is 0.0124. The van der Waals surface area contributed by atoms with Gasteiger partial charge in [-0.15, -0.1) is 0 Å². The molecule has 1 atom stereocenters. The normalized spacial score (nSPS) is 13.1. The summed E-state index contributed by atoms with van der Waals surface area (Å²) >= 11 is 1.12. The van der Waals surface area contributed by atoms with E-state index in [2.05, 4.69) is 15.2 Å². The van der Waals surface area contributed by atoms with Gasteiger partial charge < -0.3 is 21.5 Å². The number of nitrogens with two attached hydrogens (primary N) is 2. The first kappa shape index (κ1) is 21.1. The standard InChI is InChI=1S/C19H23N5O3S/c1-12(13-4-6-16(22-2)17(10-13)28-11-25)15-8-9-24(23-15)18(21)7-5-14(20)19(26)27-3/h4-12,22H,20-21H2,1-3H3/b14-5-,18-7+. The highest BCUT2D eigenvalue weighted by Gasteiger charge is 2.14. The van der Waals surface area contributed by atoms with Crippen LogP contribution < -0.4 is 16.8 Å². The molecule has 28 heavy (non-hydrogen) atoms. The monoisotopic (exact) mass is 401 g/mol. The van der Waals surface area contributed by atoms with Crippen molar-refractivity contribution < 1.29 is 14.3 Å². The van der Waals surface area contributed by atoms with Gasteiger partial charge in [0.05, 0.1) is 12.8 Å². The second-order valence-corrected chi connectivity index (χ2v) is 6.70. The summed E-state index contributed by atoms with van der Waals surface area (Å²) < 4.78 is 6.02. The smallest absolute Gasteiger partial charge is 0.353 e. The summed E-state index contributed by atoms with van der Waals surface area (Å²) in [4.78, 5) is 23.0. The van der Waals surface area contributed by atoms with Gasteiger partial charge in [0, 0.05) is 29.7 Å². The quantitative estimate of drug-likeness (QED) is 0.202. The fourth-order valence-electron chi connectivity index (χ4n) is 2.49. The molecule has 8 nitrogen and oxygen atoms in total. The maximum absolute atomic E-state index is 11.3. The lowest BCUT2D eigenvalue weighted by Gasteiger charge is -2.13. The van der Waals surface area contributed by atoms with Crippen LogP contribution in [0.1, 0.15) is 24.1 Å². The second-order valence-electron chi connectivity index (χ2n) is 5.83. The number of hydrogen-bond acceptors (Lipinski definition) is 8. The van der Waals surface area contributed by atoms with E-state index in [9.17, 15) is 9.59 Å². The molecule has 1 aromatic heterocycles. The van der Waals surface area contributed by atoms with E-state index in [1.807, 2.05) is 38.2 Å². The molecule has 0 radical (unpaired) electrons. The van der Waals surface area contributed by atoms with E-state index in [1.54, 1.807) is 6.20 Å². The third-order valence-electron chi connectivity index (χ3n) is 4.12. The van der Waals surface area contributed by atoms with Crippen molar-refractivity contribution in [2.24, 2.45) is 11.5 Å². The largest absolute Gasteiger partial charge is 0.464 e. The number of ether oxygens (including phenoxy) is 1. The molecule has 0 saturated carbocycles. The lowest BCUT2D eigenvalue weighted by Crippen LogP contribution is -2.13. The van der Waals surface area contributed by atoms with Crippen LogP contribution in [0.3, 0.4) is 0 Å². The minimum Gasteiger partial charge on any atom is -0.464 e. The van der Waals surface area contributed by atoms with E-state index in [0.29, 0.717) is 5.82 Å². The number of rotatable bonds is 8. The minimum atomic E-state index is -0.632. The van der Waals surface area contributed by atoms with Gasteiger partial charge >= 0.3 is 5.97 Å². The van der Waals surface area contributed by atoms with Crippen LogP contribution in [0, 0.1) is 0 Å². The van der Waals surface area contributed by atoms with Gasteiger partial charge in [0.1, 0.15) is 11.5 Å². The molecule has 1 aromatic carbocycles. The molecule has 9 heteroatoms. The summed E-state index contributed by atoms with van der Waals surface area (Å²) in [6, 6.07) is 7.75. The first-order valence-electron chi connectivity index (χ1n) is 8.40. The molecule has 0 fully saturated rings. The Hall–Kier alpha value is -3.20. The Morgan fingerprint density at radius 3 is 2.71 bits per heavy atom. The Kier molecular flexibility index (Phi) is 7.28. The second kappa shape index (κ2) is 9.65. The van der Waals surface area contributed by atoms with Gasteiger partial charge in [0.25, 0.3) is 0 Å². The molecule has 1 heterocycles. The van der Waals surface area contributed by atoms with E-state index in [4.69, 9.17) is 11.5 Å². The van der Waals surface area contributed by atoms with Gasteiger partial charge in [0.2, 0.25) is 0 Å². The van der Waals surface area contributed by atoms with Gasteiger partial charge in [-0.1, -0.05) is 24.8 Å². The number of aromatic nitrogens is 2. The molecule has 0 saturated heterocycles. The summed E-state index contributed by atoms with van der Waals surface area (Å²) in [5.74, 6) is -0.345. The van der Waals surface area contributed by atoms with E-state index in [1.165, 1.54) is 23.9 Å². The third-order valence-corrected chi connectivity index (χ3v) is 4.81. The van der Waals surface area contributed by atoms with Crippen molar-refractivity contribution in [3.05, 3.63) is 59.6 Å². The van der Waals surface area contributed by atoms with Crippen molar-refractivity contribution in [2.45, 2.75) is 17.7 Å². The van der Waals surface area contributed by atoms with Crippen molar-refractivity contribution in [3.8, 4) is 0 Å². The Morgan fingerprint density at radius 1 is 1.32 bits per heavy atom. The molecule has 0 aliphatic carbocycles. The molecule has 1 unspecified atom stereocenters. The maximum atomic E-state index is 11.3. The molecule has 2 rings (SSSR count). The molecule has 148 valence electrons. The number of carbonyl (C=O) groups excluding carboxylic acids is 2. The van der Waals surface area contributed by atoms with Crippen LogP contribution in [-0.2, 0) is 14.3 Å². The van der Waals surface area contributed by atoms with E-state index >= 15 is 0 Å². The van der Waals surface area contributed by atoms with Crippen molar-refractivity contribution in [3.63, 3.8) is 0 Å². The van der Waals surface area contributed by atoms with Crippen molar-refractivity contribution >= 4 is 34.9 Å².